The van der Waals surface area contributed by atoms with E-state index in [0.29, 0.717) is 0 Å². The first kappa shape index (κ1) is 13.1. The smallest absolute Gasteiger partial charge is 0.320 e. The van der Waals surface area contributed by atoms with E-state index in [1.54, 1.807) is 6.20 Å². The van der Waals surface area contributed by atoms with Crippen molar-refractivity contribution in [2.24, 2.45) is 5.92 Å². The highest BCUT2D eigenvalue weighted by Crippen LogP contribution is 2.23. The summed E-state index contributed by atoms with van der Waals surface area (Å²) in [6, 6.07) is -0.557. The summed E-state index contributed by atoms with van der Waals surface area (Å²) in [6.07, 6.45) is 1.73. The van der Waals surface area contributed by atoms with E-state index >= 15 is 0 Å². The molecule has 0 saturated carbocycles. The maximum atomic E-state index is 11.1. The molecule has 0 aliphatic heterocycles. The number of carboxylic acids is 1. The molecule has 16 heavy (non-hydrogen) atoms. The van der Waals surface area contributed by atoms with Gasteiger partial charge in [0.05, 0.1) is 5.54 Å². The number of aliphatic carboxylic acids is 1. The highest BCUT2D eigenvalue weighted by Gasteiger charge is 2.31. The van der Waals surface area contributed by atoms with E-state index < -0.39 is 17.6 Å². The van der Waals surface area contributed by atoms with Gasteiger partial charge >= 0.3 is 5.97 Å². The first-order valence-corrected chi connectivity index (χ1v) is 6.13. The molecule has 1 unspecified atom stereocenters. The number of carbonyl (C=O) groups is 1. The van der Waals surface area contributed by atoms with E-state index in [2.05, 4.69) is 10.3 Å². The highest BCUT2D eigenvalue weighted by molar-refractivity contribution is 7.09. The molecule has 1 atom stereocenters. The van der Waals surface area contributed by atoms with Gasteiger partial charge in [-0.25, -0.2) is 4.98 Å². The van der Waals surface area contributed by atoms with Crippen molar-refractivity contribution in [1.29, 1.82) is 0 Å². The third-order valence-electron chi connectivity index (χ3n) is 2.42. The van der Waals surface area contributed by atoms with E-state index in [4.69, 9.17) is 5.11 Å². The molecule has 2 N–H and O–H groups in total. The lowest BCUT2D eigenvalue weighted by molar-refractivity contribution is -0.141. The van der Waals surface area contributed by atoms with Gasteiger partial charge in [0, 0.05) is 11.6 Å². The second-order valence-electron chi connectivity index (χ2n) is 4.67. The molecule has 0 spiro atoms. The Bertz CT molecular complexity index is 347. The summed E-state index contributed by atoms with van der Waals surface area (Å²) in [5, 5.41) is 15.1. The topological polar surface area (TPSA) is 62.2 Å². The van der Waals surface area contributed by atoms with Crippen molar-refractivity contribution in [1.82, 2.24) is 10.3 Å². The van der Waals surface area contributed by atoms with Gasteiger partial charge in [-0.2, -0.15) is 0 Å². The summed E-state index contributed by atoms with van der Waals surface area (Å²) in [5.41, 5.74) is -0.415. The van der Waals surface area contributed by atoms with Crippen molar-refractivity contribution >= 4 is 17.3 Å². The van der Waals surface area contributed by atoms with Crippen LogP contribution in [-0.2, 0) is 10.3 Å². The summed E-state index contributed by atoms with van der Waals surface area (Å²) in [6.45, 7) is 7.68. The fourth-order valence-electron chi connectivity index (χ4n) is 1.50. The van der Waals surface area contributed by atoms with E-state index in [1.165, 1.54) is 11.3 Å². The molecule has 0 aliphatic rings. The van der Waals surface area contributed by atoms with Crippen molar-refractivity contribution in [2.45, 2.75) is 39.3 Å². The Kier molecular flexibility index (Phi) is 4.04. The Morgan fingerprint density at radius 3 is 2.56 bits per heavy atom. The quantitative estimate of drug-likeness (QED) is 0.830. The molecule has 90 valence electrons. The largest absolute Gasteiger partial charge is 0.480 e. The van der Waals surface area contributed by atoms with Crippen LogP contribution in [0.5, 0.6) is 0 Å². The van der Waals surface area contributed by atoms with E-state index in [0.717, 1.165) is 5.01 Å². The Morgan fingerprint density at radius 1 is 1.56 bits per heavy atom. The van der Waals surface area contributed by atoms with Crippen molar-refractivity contribution in [3.05, 3.63) is 16.6 Å². The lowest BCUT2D eigenvalue weighted by Crippen LogP contribution is -2.50. The fourth-order valence-corrected chi connectivity index (χ4v) is 2.22. The number of carboxylic acid groups (broad SMARTS) is 1. The third kappa shape index (κ3) is 3.02. The standard InChI is InChI=1S/C11H18N2O2S/c1-7(2)8(9(14)15)13-11(3,4)10-12-5-6-16-10/h5-8,13H,1-4H3,(H,14,15). The molecular formula is C11H18N2O2S. The maximum absolute atomic E-state index is 11.1. The predicted octanol–water partition coefficient (Wildman–Crippen LogP) is 2.08. The van der Waals surface area contributed by atoms with Crippen LogP contribution in [0.1, 0.15) is 32.7 Å². The lowest BCUT2D eigenvalue weighted by Gasteiger charge is -2.30. The van der Waals surface area contributed by atoms with Gasteiger partial charge in [0.1, 0.15) is 11.0 Å². The van der Waals surface area contributed by atoms with E-state index in [-0.39, 0.29) is 5.92 Å². The summed E-state index contributed by atoms with van der Waals surface area (Å²) < 4.78 is 0. The molecule has 0 radical (unpaired) electrons. The number of nitrogens with zero attached hydrogens (tertiary/aromatic N) is 1. The first-order chi connectivity index (χ1) is 7.34. The molecule has 1 rings (SSSR count). The third-order valence-corrected chi connectivity index (χ3v) is 3.51. The number of nitrogens with one attached hydrogen (secondary N) is 1. The van der Waals surface area contributed by atoms with Crippen LogP contribution >= 0.6 is 11.3 Å². The average Bonchev–Trinajstić information content (AvgIpc) is 2.66. The molecule has 0 amide bonds. The minimum atomic E-state index is -0.820. The van der Waals surface area contributed by atoms with Crippen LogP contribution in [0.4, 0.5) is 0 Å². The first-order valence-electron chi connectivity index (χ1n) is 5.25. The van der Waals surface area contributed by atoms with Gasteiger partial charge in [0.15, 0.2) is 0 Å². The molecule has 1 aromatic rings. The van der Waals surface area contributed by atoms with Crippen LogP contribution in [0.25, 0.3) is 0 Å². The van der Waals surface area contributed by atoms with Crippen LogP contribution < -0.4 is 5.32 Å². The van der Waals surface area contributed by atoms with Crippen LogP contribution in [0.15, 0.2) is 11.6 Å². The number of rotatable bonds is 5. The van der Waals surface area contributed by atoms with Gasteiger partial charge in [0.25, 0.3) is 0 Å². The minimum Gasteiger partial charge on any atom is -0.480 e. The number of hydrogen-bond donors (Lipinski definition) is 2. The number of hydrogen-bond acceptors (Lipinski definition) is 4. The van der Waals surface area contributed by atoms with Gasteiger partial charge in [0.2, 0.25) is 0 Å². The number of aromatic nitrogens is 1. The molecule has 1 heterocycles. The van der Waals surface area contributed by atoms with Crippen LogP contribution in [-0.4, -0.2) is 22.1 Å². The lowest BCUT2D eigenvalue weighted by atomic mass is 9.98. The van der Waals surface area contributed by atoms with Crippen molar-refractivity contribution in [3.63, 3.8) is 0 Å². The van der Waals surface area contributed by atoms with Crippen molar-refractivity contribution in [2.75, 3.05) is 0 Å². The second kappa shape index (κ2) is 4.93. The van der Waals surface area contributed by atoms with Gasteiger partial charge < -0.3 is 5.11 Å². The van der Waals surface area contributed by atoms with Gasteiger partial charge in [-0.05, 0) is 19.8 Å². The second-order valence-corrected chi connectivity index (χ2v) is 5.56. The molecule has 0 fully saturated rings. The molecule has 5 heteroatoms. The Hall–Kier alpha value is -0.940. The van der Waals surface area contributed by atoms with Crippen LogP contribution in [0.3, 0.4) is 0 Å². The molecule has 0 aromatic carbocycles. The van der Waals surface area contributed by atoms with Crippen LogP contribution in [0.2, 0.25) is 0 Å². The summed E-state index contributed by atoms with van der Waals surface area (Å²) in [7, 11) is 0. The predicted molar refractivity (Wildman–Crippen MR) is 64.5 cm³/mol. The van der Waals surface area contributed by atoms with Crippen molar-refractivity contribution in [3.8, 4) is 0 Å². The monoisotopic (exact) mass is 242 g/mol. The van der Waals surface area contributed by atoms with Crippen LogP contribution in [0, 0.1) is 5.92 Å². The average molecular weight is 242 g/mol. The van der Waals surface area contributed by atoms with Gasteiger partial charge in [-0.15, -0.1) is 11.3 Å². The summed E-state index contributed by atoms with van der Waals surface area (Å²) in [5.74, 6) is -0.781. The Morgan fingerprint density at radius 2 is 2.19 bits per heavy atom. The maximum Gasteiger partial charge on any atom is 0.320 e. The molecule has 0 bridgehead atoms. The fraction of sp³-hybridized carbons (Fsp3) is 0.636. The number of thiazole rings is 1. The van der Waals surface area contributed by atoms with E-state index in [1.807, 2.05) is 33.1 Å². The Balaban J connectivity index is 2.82. The zero-order valence-corrected chi connectivity index (χ0v) is 10.8. The van der Waals surface area contributed by atoms with E-state index in [9.17, 15) is 4.79 Å². The highest BCUT2D eigenvalue weighted by atomic mass is 32.1. The zero-order chi connectivity index (χ0) is 12.3. The molecule has 4 nitrogen and oxygen atoms in total. The summed E-state index contributed by atoms with van der Waals surface area (Å²) in [4.78, 5) is 15.3. The molecular weight excluding hydrogens is 224 g/mol. The molecule has 1 aromatic heterocycles. The zero-order valence-electron chi connectivity index (χ0n) is 10.0. The molecule has 0 saturated heterocycles. The molecule has 0 aliphatic carbocycles. The SMILES string of the molecule is CC(C)C(NC(C)(C)c1nccs1)C(=O)O. The summed E-state index contributed by atoms with van der Waals surface area (Å²) >= 11 is 1.53. The van der Waals surface area contributed by atoms with Crippen molar-refractivity contribution < 1.29 is 9.90 Å². The van der Waals surface area contributed by atoms with Gasteiger partial charge in [-0.3, -0.25) is 10.1 Å². The Labute approximate surface area is 99.7 Å². The normalized spacial score (nSPS) is 14.1. The van der Waals surface area contributed by atoms with Gasteiger partial charge in [-0.1, -0.05) is 13.8 Å². The minimum absolute atomic E-state index is 0.0386.